The first kappa shape index (κ1) is 12.6. The molecule has 88 valence electrons. The summed E-state index contributed by atoms with van der Waals surface area (Å²) in [5.41, 5.74) is 3.75. The van der Waals surface area contributed by atoms with Gasteiger partial charge in [-0.25, -0.2) is 0 Å². The molecular formula is C14H20O2. The van der Waals surface area contributed by atoms with Crippen molar-refractivity contribution in [1.82, 2.24) is 0 Å². The van der Waals surface area contributed by atoms with Crippen molar-refractivity contribution in [3.8, 4) is 11.5 Å². The van der Waals surface area contributed by atoms with Gasteiger partial charge in [0.1, 0.15) is 11.5 Å². The van der Waals surface area contributed by atoms with Crippen molar-refractivity contribution >= 4 is 0 Å². The number of rotatable bonds is 4. The Morgan fingerprint density at radius 1 is 1.19 bits per heavy atom. The number of benzene rings is 1. The minimum Gasteiger partial charge on any atom is -0.497 e. The molecule has 2 nitrogen and oxygen atoms in total. The van der Waals surface area contributed by atoms with Gasteiger partial charge in [0.05, 0.1) is 14.2 Å². The third-order valence-corrected chi connectivity index (χ3v) is 2.58. The average Bonchev–Trinajstić information content (AvgIpc) is 2.26. The zero-order valence-electron chi connectivity index (χ0n) is 10.8. The van der Waals surface area contributed by atoms with Crippen molar-refractivity contribution < 1.29 is 9.47 Å². The van der Waals surface area contributed by atoms with Crippen LogP contribution in [0.2, 0.25) is 0 Å². The van der Waals surface area contributed by atoms with Gasteiger partial charge in [0.15, 0.2) is 0 Å². The molecule has 0 atom stereocenters. The molecule has 1 rings (SSSR count). The Kier molecular flexibility index (Phi) is 4.41. The van der Waals surface area contributed by atoms with Gasteiger partial charge in [-0.3, -0.25) is 0 Å². The smallest absolute Gasteiger partial charge is 0.126 e. The number of allylic oxidation sites excluding steroid dienone is 2. The van der Waals surface area contributed by atoms with E-state index in [0.29, 0.717) is 0 Å². The molecule has 0 spiro atoms. The molecule has 1 aromatic rings. The minimum absolute atomic E-state index is 0.843. The first-order chi connectivity index (χ1) is 7.58. The summed E-state index contributed by atoms with van der Waals surface area (Å²) < 4.78 is 10.6. The van der Waals surface area contributed by atoms with Gasteiger partial charge in [-0.15, -0.1) is 0 Å². The fraction of sp³-hybridized carbons (Fsp3) is 0.429. The van der Waals surface area contributed by atoms with Crippen molar-refractivity contribution in [2.75, 3.05) is 14.2 Å². The summed E-state index contributed by atoms with van der Waals surface area (Å²) >= 11 is 0. The van der Waals surface area contributed by atoms with Gasteiger partial charge in [-0.2, -0.15) is 0 Å². The van der Waals surface area contributed by atoms with Crippen molar-refractivity contribution in [1.29, 1.82) is 0 Å². The van der Waals surface area contributed by atoms with E-state index in [2.05, 4.69) is 26.8 Å². The number of hydrogen-bond donors (Lipinski definition) is 0. The Hall–Kier alpha value is -1.44. The summed E-state index contributed by atoms with van der Waals surface area (Å²) in [6.45, 7) is 6.29. The molecule has 0 aliphatic heterocycles. The Morgan fingerprint density at radius 2 is 1.88 bits per heavy atom. The number of hydrogen-bond acceptors (Lipinski definition) is 2. The van der Waals surface area contributed by atoms with Crippen LogP contribution >= 0.6 is 0 Å². The molecule has 2 heteroatoms. The Labute approximate surface area is 97.9 Å². The monoisotopic (exact) mass is 220 g/mol. The molecule has 0 N–H and O–H groups in total. The van der Waals surface area contributed by atoms with Crippen LogP contribution in [0, 0.1) is 6.92 Å². The number of aryl methyl sites for hydroxylation is 1. The average molecular weight is 220 g/mol. The summed E-state index contributed by atoms with van der Waals surface area (Å²) in [6, 6.07) is 3.97. The minimum atomic E-state index is 0.843. The topological polar surface area (TPSA) is 18.5 Å². The lowest BCUT2D eigenvalue weighted by atomic mass is 10.0. The molecule has 16 heavy (non-hydrogen) atoms. The van der Waals surface area contributed by atoms with Gasteiger partial charge in [-0.05, 0) is 38.8 Å². The van der Waals surface area contributed by atoms with Crippen molar-refractivity contribution in [3.63, 3.8) is 0 Å². The summed E-state index contributed by atoms with van der Waals surface area (Å²) in [5, 5.41) is 0. The lowest BCUT2D eigenvalue weighted by Crippen LogP contribution is -1.96. The number of ether oxygens (including phenoxy) is 2. The molecule has 0 saturated heterocycles. The van der Waals surface area contributed by atoms with Gasteiger partial charge in [0.2, 0.25) is 0 Å². The quantitative estimate of drug-likeness (QED) is 0.723. The van der Waals surface area contributed by atoms with E-state index in [0.717, 1.165) is 17.9 Å². The molecule has 0 aromatic heterocycles. The van der Waals surface area contributed by atoms with E-state index >= 15 is 0 Å². The first-order valence-electron chi connectivity index (χ1n) is 5.43. The van der Waals surface area contributed by atoms with E-state index in [9.17, 15) is 0 Å². The maximum Gasteiger partial charge on any atom is 0.126 e. The van der Waals surface area contributed by atoms with Crippen molar-refractivity contribution in [2.45, 2.75) is 27.2 Å². The summed E-state index contributed by atoms with van der Waals surface area (Å²) in [5.74, 6) is 1.74. The molecule has 0 amide bonds. The van der Waals surface area contributed by atoms with Crippen LogP contribution in [-0.4, -0.2) is 14.2 Å². The van der Waals surface area contributed by atoms with Crippen LogP contribution in [0.3, 0.4) is 0 Å². The highest BCUT2D eigenvalue weighted by atomic mass is 16.5. The highest BCUT2D eigenvalue weighted by molar-refractivity contribution is 5.47. The molecule has 0 heterocycles. The maximum atomic E-state index is 5.39. The van der Waals surface area contributed by atoms with E-state index in [4.69, 9.17) is 9.47 Å². The highest BCUT2D eigenvalue weighted by Crippen LogP contribution is 2.29. The second-order valence-corrected chi connectivity index (χ2v) is 4.11. The molecule has 0 saturated carbocycles. The Bertz CT molecular complexity index is 388. The standard InChI is InChI=1S/C14H20O2/c1-10(2)6-7-13-11(3)8-12(15-4)9-14(13)16-5/h6,8-9H,7H2,1-5H3. The molecule has 0 bridgehead atoms. The van der Waals surface area contributed by atoms with E-state index < -0.39 is 0 Å². The van der Waals surface area contributed by atoms with Crippen LogP contribution in [0.25, 0.3) is 0 Å². The van der Waals surface area contributed by atoms with Crippen LogP contribution in [0.4, 0.5) is 0 Å². The van der Waals surface area contributed by atoms with Crippen LogP contribution in [0.15, 0.2) is 23.8 Å². The predicted molar refractivity (Wildman–Crippen MR) is 67.4 cm³/mol. The molecule has 0 radical (unpaired) electrons. The largest absolute Gasteiger partial charge is 0.497 e. The van der Waals surface area contributed by atoms with Gasteiger partial charge < -0.3 is 9.47 Å². The van der Waals surface area contributed by atoms with Crippen LogP contribution in [0.1, 0.15) is 25.0 Å². The Morgan fingerprint density at radius 3 is 2.38 bits per heavy atom. The van der Waals surface area contributed by atoms with Gasteiger partial charge in [0, 0.05) is 11.6 Å². The zero-order chi connectivity index (χ0) is 12.1. The lowest BCUT2D eigenvalue weighted by molar-refractivity contribution is 0.391. The zero-order valence-corrected chi connectivity index (χ0v) is 10.8. The van der Waals surface area contributed by atoms with Crippen molar-refractivity contribution in [2.24, 2.45) is 0 Å². The van der Waals surface area contributed by atoms with E-state index in [1.165, 1.54) is 16.7 Å². The third-order valence-electron chi connectivity index (χ3n) is 2.58. The Balaban J connectivity index is 3.11. The molecule has 0 unspecified atom stereocenters. The summed E-state index contributed by atoms with van der Waals surface area (Å²) in [7, 11) is 3.37. The normalized spacial score (nSPS) is 9.81. The fourth-order valence-electron chi connectivity index (χ4n) is 1.62. The van der Waals surface area contributed by atoms with Gasteiger partial charge >= 0.3 is 0 Å². The van der Waals surface area contributed by atoms with Crippen LogP contribution in [-0.2, 0) is 6.42 Å². The molecule has 1 aromatic carbocycles. The van der Waals surface area contributed by atoms with E-state index in [1.807, 2.05) is 12.1 Å². The number of methoxy groups -OCH3 is 2. The lowest BCUT2D eigenvalue weighted by Gasteiger charge is -2.12. The highest BCUT2D eigenvalue weighted by Gasteiger charge is 2.07. The van der Waals surface area contributed by atoms with Crippen LogP contribution in [0.5, 0.6) is 11.5 Å². The molecule has 0 aliphatic carbocycles. The summed E-state index contributed by atoms with van der Waals surface area (Å²) in [4.78, 5) is 0. The molecule has 0 aliphatic rings. The third kappa shape index (κ3) is 3.02. The SMILES string of the molecule is COc1cc(C)c(CC=C(C)C)c(OC)c1. The second-order valence-electron chi connectivity index (χ2n) is 4.11. The maximum absolute atomic E-state index is 5.39. The predicted octanol–water partition coefficient (Wildman–Crippen LogP) is 3.52. The summed E-state index contributed by atoms with van der Waals surface area (Å²) in [6.07, 6.45) is 3.11. The molecular weight excluding hydrogens is 200 g/mol. The van der Waals surface area contributed by atoms with E-state index in [-0.39, 0.29) is 0 Å². The molecule has 0 fully saturated rings. The van der Waals surface area contributed by atoms with Crippen molar-refractivity contribution in [3.05, 3.63) is 34.9 Å². The van der Waals surface area contributed by atoms with Gasteiger partial charge in [0.25, 0.3) is 0 Å². The van der Waals surface area contributed by atoms with Gasteiger partial charge in [-0.1, -0.05) is 11.6 Å². The second kappa shape index (κ2) is 5.59. The first-order valence-corrected chi connectivity index (χ1v) is 5.43. The van der Waals surface area contributed by atoms with Crippen LogP contribution < -0.4 is 9.47 Å². The van der Waals surface area contributed by atoms with E-state index in [1.54, 1.807) is 14.2 Å². The fourth-order valence-corrected chi connectivity index (χ4v) is 1.62.